The third kappa shape index (κ3) is 33.4. The van der Waals surface area contributed by atoms with Gasteiger partial charge in [0.1, 0.15) is 6.04 Å². The average molecular weight is 1190 g/mol. The van der Waals surface area contributed by atoms with Crippen molar-refractivity contribution in [3.63, 3.8) is 0 Å². The number of aliphatic hydroxyl groups is 1. The Labute approximate surface area is 465 Å². The summed E-state index contributed by atoms with van der Waals surface area (Å²) in [4.78, 5) is 131. The summed E-state index contributed by atoms with van der Waals surface area (Å²) in [5.74, 6) is -6.79. The molecular weight excluding hydrogens is 1110 g/mol. The van der Waals surface area contributed by atoms with Gasteiger partial charge < -0.3 is 82.5 Å². The highest BCUT2D eigenvalue weighted by atomic mass is 32.2. The molecule has 1 aliphatic heterocycles. The zero-order chi connectivity index (χ0) is 58.4. The summed E-state index contributed by atoms with van der Waals surface area (Å²) in [7, 11) is -5.58. The Hall–Kier alpha value is -4.20. The summed E-state index contributed by atoms with van der Waals surface area (Å²) >= 11 is 1.11. The van der Waals surface area contributed by atoms with Crippen molar-refractivity contribution in [3.8, 4) is 0 Å². The van der Waals surface area contributed by atoms with Crippen molar-refractivity contribution in [2.24, 2.45) is 23.3 Å². The Balaban J connectivity index is 1.49. The summed E-state index contributed by atoms with van der Waals surface area (Å²) in [6, 6.07) is -1.99. The minimum atomic E-state index is -3.71. The normalized spacial score (nSPS) is 18.6. The largest absolute Gasteiger partial charge is 0.378 e. The number of carbonyl (C=O) groups excluding carboxylic acids is 9. The molecule has 0 aromatic rings. The lowest BCUT2D eigenvalue weighted by molar-refractivity contribution is -0.277. The van der Waals surface area contributed by atoms with Crippen LogP contribution in [0.2, 0.25) is 0 Å². The molecule has 33 heteroatoms. The van der Waals surface area contributed by atoms with E-state index in [1.54, 1.807) is 0 Å². The van der Waals surface area contributed by atoms with Crippen LogP contribution in [0.4, 0.5) is 0 Å². The minimum Gasteiger partial charge on any atom is -0.378 e. The van der Waals surface area contributed by atoms with Gasteiger partial charge in [0.05, 0.1) is 64.1 Å². The van der Waals surface area contributed by atoms with E-state index in [1.807, 2.05) is 7.05 Å². The van der Waals surface area contributed by atoms with Crippen molar-refractivity contribution in [2.45, 2.75) is 113 Å². The fourth-order valence-corrected chi connectivity index (χ4v) is 9.93. The van der Waals surface area contributed by atoms with Crippen molar-refractivity contribution in [1.82, 2.24) is 42.1 Å². The molecule has 2 aliphatic rings. The van der Waals surface area contributed by atoms with Crippen LogP contribution in [-0.2, 0) is 80.3 Å². The van der Waals surface area contributed by atoms with E-state index < -0.39 is 69.9 Å². The van der Waals surface area contributed by atoms with Crippen molar-refractivity contribution in [3.05, 3.63) is 0 Å². The molecule has 14 N–H and O–H groups in total. The van der Waals surface area contributed by atoms with Crippen LogP contribution in [0.1, 0.15) is 89.9 Å². The van der Waals surface area contributed by atoms with Crippen molar-refractivity contribution >= 4 is 81.4 Å². The van der Waals surface area contributed by atoms with Gasteiger partial charge in [0, 0.05) is 96.0 Å². The molecule has 0 bridgehead atoms. The Morgan fingerprint density at radius 1 is 0.684 bits per heavy atom. The Morgan fingerprint density at radius 2 is 1.18 bits per heavy atom. The van der Waals surface area contributed by atoms with E-state index in [-0.39, 0.29) is 151 Å². The van der Waals surface area contributed by atoms with E-state index in [4.69, 9.17) is 40.2 Å². The molecule has 5 atom stereocenters. The number of primary amides is 1. The van der Waals surface area contributed by atoms with Gasteiger partial charge in [-0.05, 0) is 64.3 Å². The first kappa shape index (κ1) is 70.9. The van der Waals surface area contributed by atoms with Crippen LogP contribution < -0.4 is 48.7 Å². The SMILES string of the molecule is CNCCOCCOCCNC(=O)CCC(=O)NCCOCCOCCNC(=O)CCC(=O)N[C@@H](CCCCNC(=O)[C@H](N)CSC1CC(=O)N(CC2CCC(C(=O)NCCCC(O)(O[PH](=O)O)O[PH](=O)O)CC2)C1=O)C(N)=O. The molecule has 79 heavy (non-hydrogen) atoms. The lowest BCUT2D eigenvalue weighted by Gasteiger charge is -2.30. The van der Waals surface area contributed by atoms with Crippen LogP contribution >= 0.6 is 28.3 Å². The highest BCUT2D eigenvalue weighted by Gasteiger charge is 2.41. The van der Waals surface area contributed by atoms with Crippen LogP contribution in [-0.4, -0.2) is 208 Å². The number of rotatable bonds is 46. The number of likely N-dealkylation sites (N-methyl/N-ethyl adjacent to an activating group) is 1. The van der Waals surface area contributed by atoms with Crippen LogP contribution in [0.15, 0.2) is 0 Å². The molecule has 0 spiro atoms. The average Bonchev–Trinajstić information content (AvgIpc) is 3.69. The highest BCUT2D eigenvalue weighted by Crippen LogP contribution is 2.36. The standard InChI is InChI=1S/C46H84N10O20P2S/c1-49-17-21-71-25-26-72-22-18-50-37(57)10-11-38(58)51-19-23-73-27-28-74-24-20-52-39(59)12-13-40(60)55-35(42(48)62)5-2-3-15-54-44(64)34(47)31-79-36-29-41(61)56(45(36)65)30-32-6-8-33(9-7-32)43(63)53-16-4-14-46(66,75-77(67)68)76-78(69)70/h32-36,49,66,77-78H,2-31,47H2,1H3,(H2,48,62)(H,50,57)(H,51,58)(H,52,59)(H,53,63)(H,54,64)(H,55,60)(H,67,68)(H,69,70)/t32?,33?,34-,35+,36?/m1/s1. The number of hydrogen-bond acceptors (Lipinski definition) is 21. The second kappa shape index (κ2) is 41.7. The number of imide groups is 1. The minimum absolute atomic E-state index is 0.0103. The van der Waals surface area contributed by atoms with Gasteiger partial charge in [-0.3, -0.25) is 66.2 Å². The molecule has 2 fully saturated rings. The third-order valence-electron chi connectivity index (χ3n) is 12.1. The maximum atomic E-state index is 13.2. The second-order valence-corrected chi connectivity index (χ2v) is 21.2. The van der Waals surface area contributed by atoms with E-state index in [2.05, 4.69) is 46.3 Å². The number of nitrogens with zero attached hydrogens (tertiary/aromatic N) is 1. The van der Waals surface area contributed by atoms with E-state index in [9.17, 15) is 57.4 Å². The summed E-state index contributed by atoms with van der Waals surface area (Å²) in [6.45, 7) is 4.68. The first-order valence-electron chi connectivity index (χ1n) is 26.4. The second-order valence-electron chi connectivity index (χ2n) is 18.4. The fourth-order valence-electron chi connectivity index (χ4n) is 7.89. The van der Waals surface area contributed by atoms with E-state index in [0.717, 1.165) is 18.3 Å². The van der Waals surface area contributed by atoms with Crippen molar-refractivity contribution in [1.29, 1.82) is 0 Å². The van der Waals surface area contributed by atoms with Crippen LogP contribution in [0.5, 0.6) is 0 Å². The fraction of sp³-hybridized carbons (Fsp3) is 0.804. The van der Waals surface area contributed by atoms with E-state index >= 15 is 0 Å². The summed E-state index contributed by atoms with van der Waals surface area (Å²) in [6.07, 6.45) is 2.33. The molecule has 1 heterocycles. The van der Waals surface area contributed by atoms with Gasteiger partial charge in [0.25, 0.3) is 5.97 Å². The lowest BCUT2D eigenvalue weighted by atomic mass is 9.81. The summed E-state index contributed by atoms with van der Waals surface area (Å²) in [5.41, 5.74) is 11.6. The van der Waals surface area contributed by atoms with E-state index in [1.165, 1.54) is 4.90 Å². The van der Waals surface area contributed by atoms with Gasteiger partial charge in [0.2, 0.25) is 53.2 Å². The quantitative estimate of drug-likeness (QED) is 0.0123. The van der Waals surface area contributed by atoms with Crippen LogP contribution in [0.25, 0.3) is 0 Å². The number of unbranched alkanes of at least 4 members (excludes halogenated alkanes) is 1. The first-order valence-corrected chi connectivity index (χ1v) is 30.0. The first-order chi connectivity index (χ1) is 37.7. The number of amides is 9. The van der Waals surface area contributed by atoms with Gasteiger partial charge in [0.15, 0.2) is 0 Å². The van der Waals surface area contributed by atoms with Crippen molar-refractivity contribution < 1.29 is 95.2 Å². The predicted octanol–water partition coefficient (Wildman–Crippen LogP) is -3.23. The van der Waals surface area contributed by atoms with Gasteiger partial charge in [-0.1, -0.05) is 0 Å². The molecule has 1 saturated carbocycles. The monoisotopic (exact) mass is 1190 g/mol. The summed E-state index contributed by atoms with van der Waals surface area (Å²) < 4.78 is 52.2. The zero-order valence-corrected chi connectivity index (χ0v) is 47.7. The maximum Gasteiger partial charge on any atom is 0.320 e. The molecule has 9 amide bonds. The van der Waals surface area contributed by atoms with Gasteiger partial charge >= 0.3 is 16.5 Å². The molecule has 2 rings (SSSR count). The van der Waals surface area contributed by atoms with Crippen LogP contribution in [0.3, 0.4) is 0 Å². The van der Waals surface area contributed by atoms with E-state index in [0.29, 0.717) is 71.5 Å². The number of thioether (sulfide) groups is 1. The third-order valence-corrected chi connectivity index (χ3v) is 14.4. The molecule has 3 unspecified atom stereocenters. The lowest BCUT2D eigenvalue weighted by Crippen LogP contribution is -2.45. The maximum absolute atomic E-state index is 13.2. The van der Waals surface area contributed by atoms with Crippen molar-refractivity contribution in [2.75, 3.05) is 111 Å². The number of nitrogens with two attached hydrogens (primary N) is 2. The Bertz CT molecular complexity index is 1950. The van der Waals surface area contributed by atoms with Crippen LogP contribution in [0, 0.1) is 11.8 Å². The molecular formula is C46H84N10O20P2S. The smallest absolute Gasteiger partial charge is 0.320 e. The molecule has 454 valence electrons. The number of carbonyl (C=O) groups is 9. The number of nitrogens with one attached hydrogen (secondary N) is 7. The molecule has 0 aromatic heterocycles. The summed E-state index contributed by atoms with van der Waals surface area (Å²) in [5, 5.41) is 28.3. The zero-order valence-electron chi connectivity index (χ0n) is 44.9. The van der Waals surface area contributed by atoms with Gasteiger partial charge in [-0.2, -0.15) is 0 Å². The molecule has 1 aliphatic carbocycles. The van der Waals surface area contributed by atoms with Gasteiger partial charge in [-0.25, -0.2) is 0 Å². The Kier molecular flexibility index (Phi) is 37.5. The number of hydrogen-bond donors (Lipinski definition) is 12. The molecule has 30 nitrogen and oxygen atoms in total. The molecule has 0 aromatic carbocycles. The van der Waals surface area contributed by atoms with Gasteiger partial charge in [-0.15, -0.1) is 11.8 Å². The highest BCUT2D eigenvalue weighted by molar-refractivity contribution is 8.00. The molecule has 1 saturated heterocycles. The number of likely N-dealkylation sites (tertiary alicyclic amines) is 1. The Morgan fingerprint density at radius 3 is 1.67 bits per heavy atom. The number of ether oxygens (including phenoxy) is 4. The molecule has 0 radical (unpaired) electrons. The predicted molar refractivity (Wildman–Crippen MR) is 285 cm³/mol. The topological polar surface area (TPSA) is 443 Å².